The first kappa shape index (κ1) is 31.0. The Morgan fingerprint density at radius 2 is 1.69 bits per heavy atom. The van der Waals surface area contributed by atoms with Crippen molar-refractivity contribution in [1.29, 1.82) is 0 Å². The summed E-state index contributed by atoms with van der Waals surface area (Å²) in [5.41, 5.74) is 3.73. The van der Waals surface area contributed by atoms with Crippen molar-refractivity contribution >= 4 is 46.3 Å². The monoisotopic (exact) mass is 651 g/mol. The number of benzene rings is 3. The lowest BCUT2D eigenvalue weighted by atomic mass is 10.1. The molecule has 1 aromatic heterocycles. The summed E-state index contributed by atoms with van der Waals surface area (Å²) < 4.78 is 20.5. The zero-order chi connectivity index (χ0) is 31.2. The van der Waals surface area contributed by atoms with E-state index in [9.17, 15) is 4.79 Å². The number of urea groups is 1. The van der Waals surface area contributed by atoms with Crippen LogP contribution in [0.4, 0.5) is 21.9 Å². The first-order chi connectivity index (χ1) is 21.9. The van der Waals surface area contributed by atoms with Gasteiger partial charge in [-0.2, -0.15) is 5.10 Å². The fraction of sp³-hybridized carbons (Fsp3) is 0.344. The number of rotatable bonds is 10. The minimum atomic E-state index is -1.15. The predicted octanol–water partition coefficient (Wildman–Crippen LogP) is 5.40. The predicted molar refractivity (Wildman–Crippen MR) is 174 cm³/mol. The van der Waals surface area contributed by atoms with Gasteiger partial charge in [-0.3, -0.25) is 0 Å². The molecule has 0 saturated carbocycles. The summed E-state index contributed by atoms with van der Waals surface area (Å²) in [6.45, 7) is 6.96. The molecule has 2 N–H and O–H groups in total. The number of hydrogen-bond acceptors (Lipinski definition) is 8. The molecule has 13 heteroatoms. The Morgan fingerprint density at radius 3 is 2.31 bits per heavy atom. The quantitative estimate of drug-likeness (QED) is 0.235. The lowest BCUT2D eigenvalue weighted by molar-refractivity contribution is -0.190. The zero-order valence-corrected chi connectivity index (χ0v) is 26.4. The van der Waals surface area contributed by atoms with E-state index in [0.717, 1.165) is 49.0 Å². The van der Waals surface area contributed by atoms with Gasteiger partial charge in [-0.25, -0.2) is 14.5 Å². The van der Waals surface area contributed by atoms with Crippen LogP contribution in [0.2, 0.25) is 10.0 Å². The number of piperazine rings is 1. The van der Waals surface area contributed by atoms with Gasteiger partial charge in [-0.1, -0.05) is 29.3 Å². The SMILES string of the molecule is CCNC(=O)Nc1ccc(N2CCN(c3ccc(OCC4COC(Cn5cncn5)(c5ccc(Cl)cc5Cl)O4)cc3)CC2)cc1. The number of nitrogens with one attached hydrogen (secondary N) is 2. The maximum Gasteiger partial charge on any atom is 0.319 e. The number of carbonyl (C=O) groups excluding carboxylic acids is 1. The van der Waals surface area contributed by atoms with Crippen LogP contribution < -0.4 is 25.2 Å². The van der Waals surface area contributed by atoms with Crippen LogP contribution in [0.5, 0.6) is 5.75 Å². The van der Waals surface area contributed by atoms with Crippen molar-refractivity contribution in [3.8, 4) is 5.75 Å². The molecule has 11 nitrogen and oxygen atoms in total. The number of anilines is 3. The summed E-state index contributed by atoms with van der Waals surface area (Å²) in [6, 6.07) is 21.1. The number of amides is 2. The van der Waals surface area contributed by atoms with Crippen LogP contribution in [0.25, 0.3) is 0 Å². The smallest absolute Gasteiger partial charge is 0.319 e. The largest absolute Gasteiger partial charge is 0.491 e. The highest BCUT2D eigenvalue weighted by atomic mass is 35.5. The third-order valence-electron chi connectivity index (χ3n) is 7.78. The van der Waals surface area contributed by atoms with E-state index in [1.807, 2.05) is 49.4 Å². The Hall–Kier alpha value is -4.03. The van der Waals surface area contributed by atoms with Gasteiger partial charge in [0, 0.05) is 60.4 Å². The molecule has 6 rings (SSSR count). The lowest BCUT2D eigenvalue weighted by Crippen LogP contribution is -2.46. The molecule has 0 aliphatic carbocycles. The molecule has 2 unspecified atom stereocenters. The first-order valence-corrected chi connectivity index (χ1v) is 15.6. The summed E-state index contributed by atoms with van der Waals surface area (Å²) in [5.74, 6) is -0.403. The highest BCUT2D eigenvalue weighted by Gasteiger charge is 2.45. The second-order valence-corrected chi connectivity index (χ2v) is 11.7. The van der Waals surface area contributed by atoms with Crippen molar-refractivity contribution in [2.24, 2.45) is 0 Å². The van der Waals surface area contributed by atoms with E-state index < -0.39 is 5.79 Å². The van der Waals surface area contributed by atoms with Gasteiger partial charge >= 0.3 is 6.03 Å². The second kappa shape index (κ2) is 13.9. The number of hydrogen-bond donors (Lipinski definition) is 2. The molecule has 0 bridgehead atoms. The molecule has 4 aromatic rings. The van der Waals surface area contributed by atoms with Crippen LogP contribution in [-0.4, -0.2) is 72.8 Å². The molecule has 0 radical (unpaired) electrons. The minimum absolute atomic E-state index is 0.197. The van der Waals surface area contributed by atoms with E-state index in [-0.39, 0.29) is 18.7 Å². The first-order valence-electron chi connectivity index (χ1n) is 14.9. The Morgan fingerprint density at radius 1 is 1.00 bits per heavy atom. The van der Waals surface area contributed by atoms with Crippen LogP contribution >= 0.6 is 23.2 Å². The molecule has 236 valence electrons. The highest BCUT2D eigenvalue weighted by molar-refractivity contribution is 6.35. The number of aromatic nitrogens is 3. The molecule has 45 heavy (non-hydrogen) atoms. The Labute approximate surface area is 272 Å². The third kappa shape index (κ3) is 7.45. The van der Waals surface area contributed by atoms with Crippen molar-refractivity contribution in [2.75, 3.05) is 61.1 Å². The lowest BCUT2D eigenvalue weighted by Gasteiger charge is -2.37. The molecule has 3 aromatic carbocycles. The van der Waals surface area contributed by atoms with Crippen LogP contribution in [0.15, 0.2) is 79.4 Å². The van der Waals surface area contributed by atoms with E-state index in [1.54, 1.807) is 23.1 Å². The van der Waals surface area contributed by atoms with Crippen molar-refractivity contribution in [3.63, 3.8) is 0 Å². The van der Waals surface area contributed by atoms with E-state index >= 15 is 0 Å². The van der Waals surface area contributed by atoms with E-state index in [2.05, 4.69) is 42.6 Å². The Kier molecular flexibility index (Phi) is 9.60. The van der Waals surface area contributed by atoms with Crippen LogP contribution in [0, 0.1) is 0 Å². The van der Waals surface area contributed by atoms with Crippen molar-refractivity contribution in [1.82, 2.24) is 20.1 Å². The van der Waals surface area contributed by atoms with Crippen molar-refractivity contribution in [3.05, 3.63) is 95.0 Å². The van der Waals surface area contributed by atoms with Gasteiger partial charge in [-0.15, -0.1) is 0 Å². The zero-order valence-electron chi connectivity index (χ0n) is 24.9. The summed E-state index contributed by atoms with van der Waals surface area (Å²) in [5, 5.41) is 10.8. The van der Waals surface area contributed by atoms with Gasteiger partial charge in [0.2, 0.25) is 5.79 Å². The molecule has 2 aliphatic heterocycles. The van der Waals surface area contributed by atoms with Crippen LogP contribution in [0.3, 0.4) is 0 Å². The summed E-state index contributed by atoms with van der Waals surface area (Å²) in [6.07, 6.45) is 2.74. The fourth-order valence-corrected chi connectivity index (χ4v) is 6.09. The molecule has 2 fully saturated rings. The molecule has 2 aliphatic rings. The Balaban J connectivity index is 1.01. The molecule has 2 saturated heterocycles. The van der Waals surface area contributed by atoms with Gasteiger partial charge < -0.3 is 34.6 Å². The average molecular weight is 653 g/mol. The third-order valence-corrected chi connectivity index (χ3v) is 8.33. The number of nitrogens with zero attached hydrogens (tertiary/aromatic N) is 5. The van der Waals surface area contributed by atoms with Crippen molar-refractivity contribution < 1.29 is 19.0 Å². The molecule has 2 atom stereocenters. The summed E-state index contributed by atoms with van der Waals surface area (Å²) in [4.78, 5) is 20.5. The van der Waals surface area contributed by atoms with Gasteiger partial charge in [0.15, 0.2) is 0 Å². The molecular formula is C32H35Cl2N7O4. The molecule has 0 spiro atoms. The molecular weight excluding hydrogens is 617 g/mol. The average Bonchev–Trinajstić information content (AvgIpc) is 3.71. The normalized spacial score (nSPS) is 19.8. The van der Waals surface area contributed by atoms with Crippen molar-refractivity contribution in [2.45, 2.75) is 25.4 Å². The van der Waals surface area contributed by atoms with E-state index in [4.69, 9.17) is 37.4 Å². The maximum atomic E-state index is 11.8. The fourth-order valence-electron chi connectivity index (χ4n) is 5.54. The number of halogens is 2. The maximum absolute atomic E-state index is 11.8. The topological polar surface area (TPSA) is 106 Å². The van der Waals surface area contributed by atoms with E-state index in [0.29, 0.717) is 35.4 Å². The second-order valence-electron chi connectivity index (χ2n) is 10.8. The standard InChI is InChI=1S/C32H35Cl2N7O4/c1-2-36-31(42)38-24-4-6-25(7-5-24)39-13-15-40(16-14-39)26-8-10-27(11-9-26)43-18-28-19-44-32(45-28,20-41-22-35-21-37-41)29-12-3-23(33)17-30(29)34/h3-12,17,21-22,28H,2,13-16,18-20H2,1H3,(H2,36,38,42). The minimum Gasteiger partial charge on any atom is -0.491 e. The van der Waals surface area contributed by atoms with Crippen LogP contribution in [-0.2, 0) is 21.8 Å². The van der Waals surface area contributed by atoms with Gasteiger partial charge in [0.05, 0.1) is 11.6 Å². The summed E-state index contributed by atoms with van der Waals surface area (Å²) in [7, 11) is 0. The number of carbonyl (C=O) groups is 1. The van der Waals surface area contributed by atoms with Crippen LogP contribution in [0.1, 0.15) is 12.5 Å². The van der Waals surface area contributed by atoms with Gasteiger partial charge in [-0.05, 0) is 67.6 Å². The Bertz CT molecular complexity index is 1570. The number of ether oxygens (including phenoxy) is 3. The highest BCUT2D eigenvalue weighted by Crippen LogP contribution is 2.40. The molecule has 2 amide bonds. The van der Waals surface area contributed by atoms with Gasteiger partial charge in [0.1, 0.15) is 37.7 Å². The molecule has 3 heterocycles. The van der Waals surface area contributed by atoms with E-state index in [1.165, 1.54) is 6.33 Å². The van der Waals surface area contributed by atoms with Gasteiger partial charge in [0.25, 0.3) is 0 Å². The summed E-state index contributed by atoms with van der Waals surface area (Å²) >= 11 is 12.7.